The van der Waals surface area contributed by atoms with Gasteiger partial charge < -0.3 is 24.3 Å². The molecule has 0 spiro atoms. The number of allylic oxidation sites excluding steroid dienone is 1. The van der Waals surface area contributed by atoms with Crippen LogP contribution in [0.2, 0.25) is 5.02 Å². The summed E-state index contributed by atoms with van der Waals surface area (Å²) in [7, 11) is -0.654. The Bertz CT molecular complexity index is 1160. The molecule has 2 aliphatic rings. The summed E-state index contributed by atoms with van der Waals surface area (Å²) in [6.07, 6.45) is 1.95. The van der Waals surface area contributed by atoms with Gasteiger partial charge in [0.05, 0.1) is 18.8 Å². The van der Waals surface area contributed by atoms with Crippen molar-refractivity contribution in [3.63, 3.8) is 0 Å². The van der Waals surface area contributed by atoms with Crippen molar-refractivity contribution in [3.8, 4) is 0 Å². The molecular formula is C29H36ClNO5S. The van der Waals surface area contributed by atoms with Gasteiger partial charge in [-0.3, -0.25) is 0 Å². The van der Waals surface area contributed by atoms with Gasteiger partial charge in [-0.15, -0.1) is 0 Å². The number of nitrogens with one attached hydrogen (secondary N) is 1. The Hall–Kier alpha value is -2.45. The number of alkyl carbamates (subject to hydrolysis) is 1. The van der Waals surface area contributed by atoms with Gasteiger partial charge in [0, 0.05) is 16.9 Å². The number of hydrogen-bond donors (Lipinski definition) is 2. The van der Waals surface area contributed by atoms with Gasteiger partial charge in [-0.2, -0.15) is 10.9 Å². The molecule has 37 heavy (non-hydrogen) atoms. The summed E-state index contributed by atoms with van der Waals surface area (Å²) < 4.78 is 23.4. The quantitative estimate of drug-likeness (QED) is 0.371. The smallest absolute Gasteiger partial charge is 0.408 e. The monoisotopic (exact) mass is 545 g/mol. The van der Waals surface area contributed by atoms with Crippen molar-refractivity contribution in [1.29, 1.82) is 0 Å². The molecule has 6 nitrogen and oxygen atoms in total. The van der Waals surface area contributed by atoms with Crippen LogP contribution in [0.5, 0.6) is 0 Å². The highest BCUT2D eigenvalue weighted by molar-refractivity contribution is 8.22. The lowest BCUT2D eigenvalue weighted by Gasteiger charge is -2.44. The number of amides is 1. The average molecular weight is 546 g/mol. The van der Waals surface area contributed by atoms with Crippen LogP contribution < -0.4 is 5.32 Å². The number of hydrogen-bond acceptors (Lipinski definition) is 5. The van der Waals surface area contributed by atoms with Crippen molar-refractivity contribution in [2.24, 2.45) is 0 Å². The van der Waals surface area contributed by atoms with E-state index in [0.29, 0.717) is 18.1 Å². The fraction of sp³-hybridized carbons (Fsp3) is 0.414. The molecule has 8 heteroatoms. The molecule has 1 unspecified atom stereocenters. The third-order valence-electron chi connectivity index (χ3n) is 5.94. The molecule has 1 N–H and O–H groups in total. The topological polar surface area (TPSA) is 66.0 Å². The highest BCUT2D eigenvalue weighted by Gasteiger charge is 2.42. The summed E-state index contributed by atoms with van der Waals surface area (Å²) in [6.45, 7) is 10.3. The van der Waals surface area contributed by atoms with E-state index < -0.39 is 33.9 Å². The molecule has 4 rings (SSSR count). The van der Waals surface area contributed by atoms with Crippen LogP contribution in [0.1, 0.15) is 45.7 Å². The first-order valence-corrected chi connectivity index (χ1v) is 14.2. The second kappa shape index (κ2) is 11.1. The zero-order valence-corrected chi connectivity index (χ0v) is 23.7. The van der Waals surface area contributed by atoms with E-state index in [9.17, 15) is 4.79 Å². The Balaban J connectivity index is 1.45. The van der Waals surface area contributed by atoms with Crippen LogP contribution in [0, 0.1) is 0 Å². The fourth-order valence-electron chi connectivity index (χ4n) is 4.01. The van der Waals surface area contributed by atoms with Crippen molar-refractivity contribution in [2.45, 2.75) is 69.5 Å². The predicted octanol–water partition coefficient (Wildman–Crippen LogP) is 6.87. The first kappa shape index (κ1) is 27.6. The van der Waals surface area contributed by atoms with E-state index in [1.165, 1.54) is 0 Å². The van der Waals surface area contributed by atoms with Gasteiger partial charge in [0.25, 0.3) is 0 Å². The maximum atomic E-state index is 12.7. The SMILES string of the molecule is CC(C)(C)OC(=O)NC1(Cc2ccc([SH]3C=CC(OCc4ccccc4)=C3)cc2Cl)COC(C)(C)OC1. The molecule has 0 aliphatic carbocycles. The van der Waals surface area contributed by atoms with Crippen molar-refractivity contribution < 1.29 is 23.7 Å². The van der Waals surface area contributed by atoms with E-state index in [0.717, 1.165) is 21.8 Å². The maximum absolute atomic E-state index is 12.7. The normalized spacial score (nSPS) is 21.2. The van der Waals surface area contributed by atoms with Crippen molar-refractivity contribution in [3.05, 3.63) is 87.3 Å². The molecule has 2 aliphatic heterocycles. The minimum absolute atomic E-state index is 0.275. The number of ether oxygens (including phenoxy) is 4. The molecule has 2 aromatic rings. The molecule has 2 heterocycles. The van der Waals surface area contributed by atoms with E-state index in [1.807, 2.05) is 83.2 Å². The van der Waals surface area contributed by atoms with Gasteiger partial charge in [-0.05, 0) is 74.3 Å². The summed E-state index contributed by atoms with van der Waals surface area (Å²) in [5.74, 6) is 0.145. The molecule has 1 saturated heterocycles. The van der Waals surface area contributed by atoms with Crippen LogP contribution in [0.25, 0.3) is 0 Å². The molecule has 0 radical (unpaired) electrons. The summed E-state index contributed by atoms with van der Waals surface area (Å²) in [5, 5.41) is 7.95. The van der Waals surface area contributed by atoms with Crippen LogP contribution >= 0.6 is 22.5 Å². The second-order valence-electron chi connectivity index (χ2n) is 10.9. The molecule has 0 saturated carbocycles. The van der Waals surface area contributed by atoms with E-state index in [2.05, 4.69) is 22.2 Å². The van der Waals surface area contributed by atoms with E-state index in [4.69, 9.17) is 30.5 Å². The Morgan fingerprint density at radius 1 is 1.11 bits per heavy atom. The lowest BCUT2D eigenvalue weighted by atomic mass is 9.91. The second-order valence-corrected chi connectivity index (χ2v) is 13.2. The molecule has 200 valence electrons. The minimum Gasteiger partial charge on any atom is -0.488 e. The molecule has 1 atom stereocenters. The Kier molecular flexibility index (Phi) is 8.29. The van der Waals surface area contributed by atoms with Gasteiger partial charge in [0.2, 0.25) is 0 Å². The largest absolute Gasteiger partial charge is 0.488 e. The summed E-state index contributed by atoms with van der Waals surface area (Å²) in [4.78, 5) is 13.8. The highest BCUT2D eigenvalue weighted by atomic mass is 35.5. The van der Waals surface area contributed by atoms with Gasteiger partial charge >= 0.3 is 6.09 Å². The lowest BCUT2D eigenvalue weighted by molar-refractivity contribution is -0.270. The van der Waals surface area contributed by atoms with Crippen molar-refractivity contribution in [2.75, 3.05) is 13.2 Å². The molecule has 0 bridgehead atoms. The van der Waals surface area contributed by atoms with E-state index in [-0.39, 0.29) is 13.2 Å². The maximum Gasteiger partial charge on any atom is 0.408 e. The number of thiol groups is 1. The standard InChI is InChI=1S/C29H36ClNO5S/c1-27(2,3)36-26(32)31-29(19-34-28(4,5)35-20-29)16-22-11-12-24(15-25(22)30)37-14-13-23(18-37)33-17-21-9-7-6-8-10-21/h6-15,18,37H,16-17,19-20H2,1-5H3,(H,31,32). The molecule has 2 aromatic carbocycles. The fourth-order valence-corrected chi connectivity index (χ4v) is 6.01. The van der Waals surface area contributed by atoms with Gasteiger partial charge in [-0.1, -0.05) is 48.0 Å². The first-order chi connectivity index (χ1) is 17.4. The minimum atomic E-state index is -0.806. The van der Waals surface area contributed by atoms with Crippen LogP contribution in [-0.2, 0) is 32.0 Å². The number of rotatable bonds is 7. The lowest BCUT2D eigenvalue weighted by Crippen LogP contribution is -2.62. The summed E-state index contributed by atoms with van der Waals surface area (Å²) in [5.41, 5.74) is 0.610. The molecular weight excluding hydrogens is 510 g/mol. The summed E-state index contributed by atoms with van der Waals surface area (Å²) >= 11 is 6.77. The van der Waals surface area contributed by atoms with Crippen LogP contribution in [0.4, 0.5) is 4.79 Å². The van der Waals surface area contributed by atoms with Crippen molar-refractivity contribution in [1.82, 2.24) is 5.32 Å². The number of halogens is 1. The Morgan fingerprint density at radius 3 is 2.46 bits per heavy atom. The zero-order chi connectivity index (χ0) is 26.7. The van der Waals surface area contributed by atoms with E-state index >= 15 is 0 Å². The van der Waals surface area contributed by atoms with E-state index in [1.54, 1.807) is 0 Å². The van der Waals surface area contributed by atoms with Crippen LogP contribution in [0.3, 0.4) is 0 Å². The molecule has 1 fully saturated rings. The van der Waals surface area contributed by atoms with Crippen LogP contribution in [-0.4, -0.2) is 36.2 Å². The number of carbonyl (C=O) groups excluding carboxylic acids is 1. The number of carbonyl (C=O) groups is 1. The molecule has 1 amide bonds. The average Bonchev–Trinajstić information content (AvgIpc) is 3.30. The first-order valence-electron chi connectivity index (χ1n) is 12.3. The zero-order valence-electron chi connectivity index (χ0n) is 22.0. The number of benzene rings is 2. The van der Waals surface area contributed by atoms with Crippen LogP contribution in [0.15, 0.2) is 76.1 Å². The van der Waals surface area contributed by atoms with Gasteiger partial charge in [-0.25, -0.2) is 4.79 Å². The van der Waals surface area contributed by atoms with Gasteiger partial charge in [0.1, 0.15) is 18.0 Å². The summed E-state index contributed by atoms with van der Waals surface area (Å²) in [6, 6.07) is 16.2. The molecule has 0 aromatic heterocycles. The highest BCUT2D eigenvalue weighted by Crippen LogP contribution is 2.46. The third-order valence-corrected chi connectivity index (χ3v) is 8.17. The third kappa shape index (κ3) is 7.77. The van der Waals surface area contributed by atoms with Crippen molar-refractivity contribution >= 4 is 28.6 Å². The Morgan fingerprint density at radius 2 is 1.81 bits per heavy atom. The Labute approximate surface area is 227 Å². The van der Waals surface area contributed by atoms with Gasteiger partial charge in [0.15, 0.2) is 5.79 Å². The predicted molar refractivity (Wildman–Crippen MR) is 149 cm³/mol.